The molecular formula is C48H50F2N6O12. The molecule has 2 unspecified atom stereocenters. The van der Waals surface area contributed by atoms with E-state index in [0.29, 0.717) is 60.4 Å². The Bertz CT molecular complexity index is 2640. The number of oxime groups is 2. The molecule has 0 radical (unpaired) electrons. The van der Waals surface area contributed by atoms with Crippen LogP contribution in [0.2, 0.25) is 0 Å². The molecule has 0 fully saturated rings. The molecule has 0 aliphatic carbocycles. The lowest BCUT2D eigenvalue weighted by Gasteiger charge is -2.11. The van der Waals surface area contributed by atoms with E-state index in [0.717, 1.165) is 94.3 Å². The van der Waals surface area contributed by atoms with Crippen molar-refractivity contribution < 1.29 is 66.7 Å². The third kappa shape index (κ3) is 11.7. The maximum atomic E-state index is 13.5. The van der Waals surface area contributed by atoms with Gasteiger partial charge in [0.05, 0.1) is 25.6 Å². The zero-order valence-corrected chi connectivity index (χ0v) is 37.2. The van der Waals surface area contributed by atoms with Crippen LogP contribution in [0.5, 0.6) is 34.5 Å². The van der Waals surface area contributed by atoms with Gasteiger partial charge in [-0.2, -0.15) is 0 Å². The Morgan fingerprint density at radius 1 is 0.662 bits per heavy atom. The number of fused-ring (bicyclic) bond motifs is 4. The van der Waals surface area contributed by atoms with Crippen molar-refractivity contribution in [2.45, 2.75) is 50.7 Å². The second-order valence-electron chi connectivity index (χ2n) is 16.1. The molecule has 6 aromatic rings. The lowest BCUT2D eigenvalue weighted by molar-refractivity contribution is -0.159. The predicted octanol–water partition coefficient (Wildman–Crippen LogP) is 6.28. The van der Waals surface area contributed by atoms with Crippen LogP contribution in [0.25, 0.3) is 21.8 Å². The number of carboxylic acid groups (broad SMARTS) is 2. The van der Waals surface area contributed by atoms with E-state index in [2.05, 4.69) is 30.9 Å². The highest BCUT2D eigenvalue weighted by molar-refractivity contribution is 6.27. The van der Waals surface area contributed by atoms with Gasteiger partial charge in [-0.1, -0.05) is 10.3 Å². The fraction of sp³-hybridized carbons (Fsp3) is 0.333. The average Bonchev–Trinajstić information content (AvgIpc) is 4.21. The minimum absolute atomic E-state index is 0.0153. The van der Waals surface area contributed by atoms with Gasteiger partial charge in [-0.3, -0.25) is 0 Å². The van der Waals surface area contributed by atoms with Crippen molar-refractivity contribution in [2.75, 3.05) is 54.0 Å². The monoisotopic (exact) mass is 940 g/mol. The van der Waals surface area contributed by atoms with Gasteiger partial charge in [-0.05, 0) is 109 Å². The largest absolute Gasteiger partial charge is 0.493 e. The van der Waals surface area contributed by atoms with Gasteiger partial charge in [-0.15, -0.1) is 0 Å². The predicted molar refractivity (Wildman–Crippen MR) is 244 cm³/mol. The lowest BCUT2D eigenvalue weighted by atomic mass is 10.0. The zero-order chi connectivity index (χ0) is 47.6. The number of halogens is 2. The van der Waals surface area contributed by atoms with E-state index < -0.39 is 11.9 Å². The molecule has 6 heterocycles. The van der Waals surface area contributed by atoms with Crippen molar-refractivity contribution in [1.82, 2.24) is 20.6 Å². The summed E-state index contributed by atoms with van der Waals surface area (Å²) in [7, 11) is 3.24. The number of nitrogens with zero attached hydrogens (tertiary/aromatic N) is 2. The maximum absolute atomic E-state index is 13.5. The summed E-state index contributed by atoms with van der Waals surface area (Å²) in [5, 5.41) is 31.9. The van der Waals surface area contributed by atoms with Crippen LogP contribution in [0, 0.1) is 11.6 Å². The standard InChI is InChI=1S/2C23H24FN3O4.C2H2O4/c2*1-28-21-7-14(8-22-23(21)30-13-29-22)6-18-10-17(27-31-18)12-25-5-4-15-11-26-20-3-2-16(24)9-19(15)20;3-1(4)2(5)6/h2*2-3,7-9,11,18,25-26H,4-6,10,12-13H2,1H3;(H,3,4)(H,5,6). The highest BCUT2D eigenvalue weighted by Crippen LogP contribution is 2.43. The molecule has 18 nitrogen and oxygen atoms in total. The molecule has 0 amide bonds. The van der Waals surface area contributed by atoms with E-state index in [1.165, 1.54) is 12.1 Å². The van der Waals surface area contributed by atoms with Crippen molar-refractivity contribution in [2.24, 2.45) is 10.3 Å². The smallest absolute Gasteiger partial charge is 0.414 e. The normalized spacial score (nSPS) is 16.2. The van der Waals surface area contributed by atoms with E-state index in [1.807, 2.05) is 36.7 Å². The number of methoxy groups -OCH3 is 2. The topological polar surface area (TPSA) is 229 Å². The number of aromatic amines is 2. The van der Waals surface area contributed by atoms with Crippen molar-refractivity contribution in [1.29, 1.82) is 0 Å². The fourth-order valence-electron chi connectivity index (χ4n) is 8.16. The molecule has 2 aromatic heterocycles. The number of hydrogen-bond acceptors (Lipinski definition) is 14. The Balaban J connectivity index is 0.000000164. The van der Waals surface area contributed by atoms with Gasteiger partial charge in [0.25, 0.3) is 0 Å². The molecule has 4 aliphatic rings. The van der Waals surface area contributed by atoms with E-state index in [-0.39, 0.29) is 37.4 Å². The van der Waals surface area contributed by atoms with Gasteiger partial charge < -0.3 is 68.9 Å². The van der Waals surface area contributed by atoms with Crippen LogP contribution in [0.3, 0.4) is 0 Å². The summed E-state index contributed by atoms with van der Waals surface area (Å²) >= 11 is 0. The van der Waals surface area contributed by atoms with Crippen LogP contribution >= 0.6 is 0 Å². The summed E-state index contributed by atoms with van der Waals surface area (Å²) in [6, 6.07) is 17.5. The number of carboxylic acids is 2. The minimum atomic E-state index is -1.82. The Labute approximate surface area is 388 Å². The molecule has 2 atom stereocenters. The van der Waals surface area contributed by atoms with E-state index in [4.69, 9.17) is 57.9 Å². The van der Waals surface area contributed by atoms with Crippen LogP contribution in [-0.4, -0.2) is 110 Å². The third-order valence-electron chi connectivity index (χ3n) is 11.4. The molecule has 4 aliphatic heterocycles. The van der Waals surface area contributed by atoms with Crippen LogP contribution in [-0.2, 0) is 44.9 Å². The van der Waals surface area contributed by atoms with Crippen LogP contribution in [0.1, 0.15) is 35.1 Å². The number of ether oxygens (including phenoxy) is 6. The van der Waals surface area contributed by atoms with Crippen molar-refractivity contribution in [3.05, 3.63) is 107 Å². The fourth-order valence-corrected chi connectivity index (χ4v) is 8.16. The molecule has 0 bridgehead atoms. The van der Waals surface area contributed by atoms with E-state index in [1.54, 1.807) is 38.5 Å². The summed E-state index contributed by atoms with van der Waals surface area (Å²) in [6.07, 6.45) is 8.41. The first-order chi connectivity index (χ1) is 33.0. The molecular weight excluding hydrogens is 891 g/mol. The number of hydrogen-bond donors (Lipinski definition) is 6. The van der Waals surface area contributed by atoms with Gasteiger partial charge in [0.2, 0.25) is 25.1 Å². The Kier molecular flexibility index (Phi) is 15.1. The Morgan fingerprint density at radius 3 is 1.51 bits per heavy atom. The zero-order valence-electron chi connectivity index (χ0n) is 37.2. The molecule has 10 rings (SSSR count). The third-order valence-corrected chi connectivity index (χ3v) is 11.4. The second-order valence-corrected chi connectivity index (χ2v) is 16.1. The number of aliphatic carboxylic acids is 2. The molecule has 68 heavy (non-hydrogen) atoms. The quantitative estimate of drug-likeness (QED) is 0.0464. The summed E-state index contributed by atoms with van der Waals surface area (Å²) in [6.45, 7) is 3.29. The summed E-state index contributed by atoms with van der Waals surface area (Å²) in [5.74, 6) is -0.0410. The van der Waals surface area contributed by atoms with Crippen molar-refractivity contribution >= 4 is 45.2 Å². The number of benzene rings is 4. The highest BCUT2D eigenvalue weighted by Gasteiger charge is 2.27. The number of rotatable bonds is 16. The first-order valence-corrected chi connectivity index (χ1v) is 21.8. The number of carbonyl (C=O) groups is 2. The molecule has 0 saturated carbocycles. The number of aromatic nitrogens is 2. The summed E-state index contributed by atoms with van der Waals surface area (Å²) < 4.78 is 59.7. The van der Waals surface area contributed by atoms with Crippen molar-refractivity contribution in [3.63, 3.8) is 0 Å². The highest BCUT2D eigenvalue weighted by atomic mass is 19.1. The average molecular weight is 941 g/mol. The van der Waals surface area contributed by atoms with Gasteiger partial charge in [-0.25, -0.2) is 18.4 Å². The minimum Gasteiger partial charge on any atom is -0.493 e. The Morgan fingerprint density at radius 2 is 1.10 bits per heavy atom. The molecule has 4 aromatic carbocycles. The lowest BCUT2D eigenvalue weighted by Crippen LogP contribution is -2.25. The van der Waals surface area contributed by atoms with Crippen LogP contribution in [0.4, 0.5) is 8.78 Å². The number of nitrogens with one attached hydrogen (secondary N) is 4. The van der Waals surface area contributed by atoms with Crippen LogP contribution < -0.4 is 39.1 Å². The van der Waals surface area contributed by atoms with Crippen LogP contribution in [0.15, 0.2) is 83.4 Å². The molecule has 358 valence electrons. The molecule has 20 heteroatoms. The molecule has 0 saturated heterocycles. The van der Waals surface area contributed by atoms with Gasteiger partial charge in [0.1, 0.15) is 23.8 Å². The summed E-state index contributed by atoms with van der Waals surface area (Å²) in [4.78, 5) is 35.8. The van der Waals surface area contributed by atoms with E-state index in [9.17, 15) is 8.78 Å². The van der Waals surface area contributed by atoms with Crippen molar-refractivity contribution in [3.8, 4) is 34.5 Å². The first kappa shape index (κ1) is 46.9. The SMILES string of the molecule is COc1cc(CC2CC(CNCCc3c[nH]c4ccc(F)cc34)=NO2)cc2c1OCO2.COc1cc(CC2CC(CNCCc3c[nH]c4ccc(F)cc34)=NO2)cc2c1OCO2.O=C(O)C(=O)O. The summed E-state index contributed by atoms with van der Waals surface area (Å²) in [5.41, 5.74) is 8.19. The van der Waals surface area contributed by atoms with Gasteiger partial charge in [0, 0.05) is 73.0 Å². The first-order valence-electron chi connectivity index (χ1n) is 21.8. The molecule has 0 spiro atoms. The second kappa shape index (κ2) is 21.8. The molecule has 6 N–H and O–H groups in total. The maximum Gasteiger partial charge on any atom is 0.414 e. The van der Waals surface area contributed by atoms with Gasteiger partial charge >= 0.3 is 11.9 Å². The number of H-pyrrole nitrogens is 2. The Hall–Kier alpha value is -7.58. The van der Waals surface area contributed by atoms with E-state index >= 15 is 0 Å². The van der Waals surface area contributed by atoms with Gasteiger partial charge in [0.15, 0.2) is 23.0 Å².